The molecule has 0 radical (unpaired) electrons. The highest BCUT2D eigenvalue weighted by molar-refractivity contribution is 7.92. The van der Waals surface area contributed by atoms with E-state index in [0.29, 0.717) is 22.9 Å². The maximum absolute atomic E-state index is 13.5. The van der Waals surface area contributed by atoms with E-state index in [-0.39, 0.29) is 24.6 Å². The monoisotopic (exact) mass is 496 g/mol. The van der Waals surface area contributed by atoms with Crippen molar-refractivity contribution in [2.45, 2.75) is 24.8 Å². The zero-order valence-corrected chi connectivity index (χ0v) is 20.7. The number of carbonyl (C=O) groups excluding carboxylic acids is 1. The standard InChI is InChI=1S/C26H28N2O6S/c1-18-5-4-6-21(15-18)33-14-13-27-26(29)25-17-28(23-12-7-19(2)16-24(23)34-25)35(30,31)22-10-8-20(32-3)9-11-22/h4-12,15-16,25H,13-14,17H2,1-3H3,(H,27,29). The number of fused-ring (bicyclic) bond motifs is 1. The van der Waals surface area contributed by atoms with Gasteiger partial charge in [-0.1, -0.05) is 18.2 Å². The first kappa shape index (κ1) is 24.4. The summed E-state index contributed by atoms with van der Waals surface area (Å²) in [5.74, 6) is 1.19. The first-order chi connectivity index (χ1) is 16.8. The molecular weight excluding hydrogens is 468 g/mol. The third-order valence-electron chi connectivity index (χ3n) is 5.58. The highest BCUT2D eigenvalue weighted by Crippen LogP contribution is 2.38. The minimum Gasteiger partial charge on any atom is -0.497 e. The van der Waals surface area contributed by atoms with E-state index in [1.54, 1.807) is 24.3 Å². The van der Waals surface area contributed by atoms with Crippen LogP contribution in [-0.4, -0.2) is 47.2 Å². The van der Waals surface area contributed by atoms with Crippen LogP contribution in [-0.2, 0) is 14.8 Å². The third-order valence-corrected chi connectivity index (χ3v) is 7.38. The van der Waals surface area contributed by atoms with Crippen LogP contribution in [0.5, 0.6) is 17.2 Å². The van der Waals surface area contributed by atoms with Crippen LogP contribution in [0.15, 0.2) is 71.6 Å². The van der Waals surface area contributed by atoms with Crippen LogP contribution in [0.3, 0.4) is 0 Å². The average Bonchev–Trinajstić information content (AvgIpc) is 2.85. The summed E-state index contributed by atoms with van der Waals surface area (Å²) >= 11 is 0. The van der Waals surface area contributed by atoms with Crippen molar-refractivity contribution in [3.05, 3.63) is 77.9 Å². The topological polar surface area (TPSA) is 94.2 Å². The number of nitrogens with zero attached hydrogens (tertiary/aromatic N) is 1. The molecule has 0 saturated carbocycles. The van der Waals surface area contributed by atoms with Gasteiger partial charge in [0.25, 0.3) is 15.9 Å². The van der Waals surface area contributed by atoms with Gasteiger partial charge in [0.15, 0.2) is 6.10 Å². The number of hydrogen-bond acceptors (Lipinski definition) is 6. The number of carbonyl (C=O) groups is 1. The Morgan fingerprint density at radius 3 is 2.49 bits per heavy atom. The molecule has 1 amide bonds. The van der Waals surface area contributed by atoms with Crippen molar-refractivity contribution in [1.82, 2.24) is 5.32 Å². The Balaban J connectivity index is 1.50. The normalized spacial score (nSPS) is 15.1. The Morgan fingerprint density at radius 2 is 1.77 bits per heavy atom. The molecule has 0 spiro atoms. The number of amides is 1. The van der Waals surface area contributed by atoms with Crippen molar-refractivity contribution in [3.8, 4) is 17.2 Å². The van der Waals surface area contributed by atoms with E-state index in [2.05, 4.69) is 5.32 Å². The van der Waals surface area contributed by atoms with Gasteiger partial charge in [0.1, 0.15) is 23.9 Å². The molecule has 1 aliphatic heterocycles. The quantitative estimate of drug-likeness (QED) is 0.480. The summed E-state index contributed by atoms with van der Waals surface area (Å²) in [7, 11) is -2.44. The number of methoxy groups -OCH3 is 1. The zero-order chi connectivity index (χ0) is 25.0. The molecular formula is C26H28N2O6S. The number of rotatable bonds is 8. The van der Waals surface area contributed by atoms with Gasteiger partial charge < -0.3 is 19.5 Å². The molecule has 184 valence electrons. The fourth-order valence-corrected chi connectivity index (χ4v) is 5.24. The fourth-order valence-electron chi connectivity index (χ4n) is 3.76. The molecule has 0 aliphatic carbocycles. The molecule has 1 unspecified atom stereocenters. The number of ether oxygens (including phenoxy) is 3. The average molecular weight is 497 g/mol. The smallest absolute Gasteiger partial charge is 0.264 e. The van der Waals surface area contributed by atoms with E-state index in [4.69, 9.17) is 14.2 Å². The second-order valence-electron chi connectivity index (χ2n) is 8.25. The van der Waals surface area contributed by atoms with Gasteiger partial charge in [0.2, 0.25) is 0 Å². The maximum atomic E-state index is 13.5. The fraction of sp³-hybridized carbons (Fsp3) is 0.269. The van der Waals surface area contributed by atoms with Gasteiger partial charge in [0, 0.05) is 0 Å². The summed E-state index contributed by atoms with van der Waals surface area (Å²) < 4.78 is 45.0. The van der Waals surface area contributed by atoms with Crippen LogP contribution < -0.4 is 23.8 Å². The number of nitrogens with one attached hydrogen (secondary N) is 1. The van der Waals surface area contributed by atoms with Crippen molar-refractivity contribution in [1.29, 1.82) is 0 Å². The lowest BCUT2D eigenvalue weighted by molar-refractivity contribution is -0.127. The second kappa shape index (κ2) is 10.3. The molecule has 8 nitrogen and oxygen atoms in total. The Labute approximate surface area is 205 Å². The third kappa shape index (κ3) is 5.51. The lowest BCUT2D eigenvalue weighted by Crippen LogP contribution is -2.51. The molecule has 0 fully saturated rings. The van der Waals surface area contributed by atoms with E-state index in [0.717, 1.165) is 11.1 Å². The number of aryl methyl sites for hydroxylation is 2. The van der Waals surface area contributed by atoms with Gasteiger partial charge in [-0.3, -0.25) is 9.10 Å². The Bertz CT molecular complexity index is 1310. The van der Waals surface area contributed by atoms with Gasteiger partial charge in [-0.15, -0.1) is 0 Å². The zero-order valence-electron chi connectivity index (χ0n) is 19.9. The van der Waals surface area contributed by atoms with Gasteiger partial charge in [-0.2, -0.15) is 0 Å². The maximum Gasteiger partial charge on any atom is 0.264 e. The molecule has 4 rings (SSSR count). The Kier molecular flexibility index (Phi) is 7.16. The van der Waals surface area contributed by atoms with Crippen molar-refractivity contribution in [3.63, 3.8) is 0 Å². The van der Waals surface area contributed by atoms with Gasteiger partial charge in [-0.05, 0) is 73.5 Å². The molecule has 35 heavy (non-hydrogen) atoms. The van der Waals surface area contributed by atoms with Gasteiger partial charge >= 0.3 is 0 Å². The van der Waals surface area contributed by atoms with Crippen LogP contribution >= 0.6 is 0 Å². The summed E-state index contributed by atoms with van der Waals surface area (Å²) in [6.45, 7) is 4.21. The van der Waals surface area contributed by atoms with Crippen LogP contribution in [0.25, 0.3) is 0 Å². The molecule has 1 N–H and O–H groups in total. The number of sulfonamides is 1. The second-order valence-corrected chi connectivity index (χ2v) is 10.1. The van der Waals surface area contributed by atoms with Gasteiger partial charge in [-0.25, -0.2) is 8.42 Å². The highest BCUT2D eigenvalue weighted by atomic mass is 32.2. The predicted octanol–water partition coefficient (Wildman–Crippen LogP) is 3.46. The van der Waals surface area contributed by atoms with Crippen LogP contribution in [0.1, 0.15) is 11.1 Å². The van der Waals surface area contributed by atoms with Crippen molar-refractivity contribution < 1.29 is 27.4 Å². The lowest BCUT2D eigenvalue weighted by Gasteiger charge is -2.35. The Hall–Kier alpha value is -3.72. The lowest BCUT2D eigenvalue weighted by atomic mass is 10.1. The Morgan fingerprint density at radius 1 is 1.03 bits per heavy atom. The minimum atomic E-state index is -3.95. The van der Waals surface area contributed by atoms with Crippen LogP contribution in [0.2, 0.25) is 0 Å². The molecule has 0 saturated heterocycles. The minimum absolute atomic E-state index is 0.0948. The van der Waals surface area contributed by atoms with Crippen molar-refractivity contribution in [2.75, 3.05) is 31.1 Å². The molecule has 0 aromatic heterocycles. The van der Waals surface area contributed by atoms with E-state index < -0.39 is 22.0 Å². The molecule has 0 bridgehead atoms. The van der Waals surface area contributed by atoms with Crippen molar-refractivity contribution in [2.24, 2.45) is 0 Å². The molecule has 3 aromatic rings. The van der Waals surface area contributed by atoms with Crippen molar-refractivity contribution >= 4 is 21.6 Å². The highest BCUT2D eigenvalue weighted by Gasteiger charge is 2.37. The summed E-state index contributed by atoms with van der Waals surface area (Å²) in [5.41, 5.74) is 2.35. The van der Waals surface area contributed by atoms with Gasteiger partial charge in [0.05, 0.1) is 30.8 Å². The molecule has 1 atom stereocenters. The summed E-state index contributed by atoms with van der Waals surface area (Å²) in [6.07, 6.45) is -1.02. The molecule has 1 aliphatic rings. The van der Waals surface area contributed by atoms with Crippen LogP contribution in [0, 0.1) is 13.8 Å². The summed E-state index contributed by atoms with van der Waals surface area (Å²) in [6, 6.07) is 19.0. The van der Waals surface area contributed by atoms with E-state index in [1.165, 1.54) is 23.5 Å². The van der Waals surface area contributed by atoms with E-state index >= 15 is 0 Å². The first-order valence-corrected chi connectivity index (χ1v) is 12.6. The molecule has 3 aromatic carbocycles. The van der Waals surface area contributed by atoms with E-state index in [1.807, 2.05) is 44.2 Å². The predicted molar refractivity (Wildman–Crippen MR) is 133 cm³/mol. The first-order valence-electron chi connectivity index (χ1n) is 11.2. The molecule has 9 heteroatoms. The molecule has 1 heterocycles. The number of benzene rings is 3. The van der Waals surface area contributed by atoms with Crippen LogP contribution in [0.4, 0.5) is 5.69 Å². The number of anilines is 1. The van der Waals surface area contributed by atoms with E-state index in [9.17, 15) is 13.2 Å². The summed E-state index contributed by atoms with van der Waals surface area (Å²) in [4.78, 5) is 13.0. The number of hydrogen-bond donors (Lipinski definition) is 1. The largest absolute Gasteiger partial charge is 0.497 e. The SMILES string of the molecule is COc1ccc(S(=O)(=O)N2CC(C(=O)NCCOc3cccc(C)c3)Oc3cc(C)ccc32)cc1. The summed E-state index contributed by atoms with van der Waals surface area (Å²) in [5, 5.41) is 2.78.